The van der Waals surface area contributed by atoms with Gasteiger partial charge in [-0.2, -0.15) is 5.26 Å². The first-order valence-corrected chi connectivity index (χ1v) is 6.68. The lowest BCUT2D eigenvalue weighted by Crippen LogP contribution is -2.33. The number of methoxy groups -OCH3 is 1. The van der Waals surface area contributed by atoms with Gasteiger partial charge in [0.25, 0.3) is 0 Å². The van der Waals surface area contributed by atoms with Gasteiger partial charge in [-0.3, -0.25) is 4.90 Å². The van der Waals surface area contributed by atoms with Crippen molar-refractivity contribution in [1.82, 2.24) is 4.90 Å². The second-order valence-electron chi connectivity index (χ2n) is 4.93. The van der Waals surface area contributed by atoms with Crippen molar-refractivity contribution < 1.29 is 9.13 Å². The maximum atomic E-state index is 14.1. The number of rotatable bonds is 5. The molecule has 1 aliphatic rings. The first-order chi connectivity index (χ1) is 9.26. The van der Waals surface area contributed by atoms with E-state index in [0.29, 0.717) is 24.7 Å². The van der Waals surface area contributed by atoms with Crippen LogP contribution in [0, 0.1) is 17.1 Å². The van der Waals surface area contributed by atoms with E-state index in [4.69, 9.17) is 10.00 Å². The van der Waals surface area contributed by atoms with Gasteiger partial charge in [-0.25, -0.2) is 4.39 Å². The van der Waals surface area contributed by atoms with Gasteiger partial charge >= 0.3 is 0 Å². The first kappa shape index (κ1) is 13.8. The number of benzene rings is 1. The monoisotopic (exact) mass is 262 g/mol. The largest absolute Gasteiger partial charge is 0.494 e. The molecule has 0 atom stereocenters. The van der Waals surface area contributed by atoms with Crippen LogP contribution in [0.1, 0.15) is 31.2 Å². The Morgan fingerprint density at radius 1 is 1.42 bits per heavy atom. The molecule has 0 heterocycles. The van der Waals surface area contributed by atoms with E-state index in [1.54, 1.807) is 18.2 Å². The summed E-state index contributed by atoms with van der Waals surface area (Å²) in [5.74, 6) is -0.0493. The fourth-order valence-electron chi connectivity index (χ4n) is 2.73. The molecule has 1 fully saturated rings. The number of hydrogen-bond donors (Lipinski definition) is 0. The maximum absolute atomic E-state index is 14.1. The fourth-order valence-corrected chi connectivity index (χ4v) is 2.73. The van der Waals surface area contributed by atoms with Crippen LogP contribution in [0.5, 0.6) is 5.75 Å². The molecule has 0 aliphatic heterocycles. The van der Waals surface area contributed by atoms with E-state index in [1.807, 2.05) is 0 Å². The van der Waals surface area contributed by atoms with Crippen molar-refractivity contribution in [3.05, 3.63) is 29.6 Å². The second kappa shape index (κ2) is 6.53. The van der Waals surface area contributed by atoms with Crippen LogP contribution >= 0.6 is 0 Å². The highest BCUT2D eigenvalue weighted by Crippen LogP contribution is 2.27. The topological polar surface area (TPSA) is 36.3 Å². The molecule has 19 heavy (non-hydrogen) atoms. The Morgan fingerprint density at radius 3 is 2.79 bits per heavy atom. The van der Waals surface area contributed by atoms with E-state index in [-0.39, 0.29) is 11.6 Å². The predicted molar refractivity (Wildman–Crippen MR) is 71.2 cm³/mol. The molecule has 3 nitrogen and oxygen atoms in total. The van der Waals surface area contributed by atoms with Gasteiger partial charge < -0.3 is 4.74 Å². The normalized spacial score (nSPS) is 15.7. The van der Waals surface area contributed by atoms with Crippen molar-refractivity contribution in [2.75, 3.05) is 13.7 Å². The summed E-state index contributed by atoms with van der Waals surface area (Å²) in [5, 5.41) is 8.93. The minimum Gasteiger partial charge on any atom is -0.494 e. The Kier molecular flexibility index (Phi) is 4.75. The molecule has 1 saturated carbocycles. The van der Waals surface area contributed by atoms with Gasteiger partial charge in [0.05, 0.1) is 19.7 Å². The van der Waals surface area contributed by atoms with Crippen LogP contribution in [0.2, 0.25) is 0 Å². The number of nitrogens with zero attached hydrogens (tertiary/aromatic N) is 2. The molecule has 0 aromatic heterocycles. The van der Waals surface area contributed by atoms with Gasteiger partial charge in [-0.15, -0.1) is 0 Å². The highest BCUT2D eigenvalue weighted by atomic mass is 19.1. The average Bonchev–Trinajstić information content (AvgIpc) is 2.94. The molecule has 0 unspecified atom stereocenters. The molecule has 1 aliphatic carbocycles. The molecule has 0 amide bonds. The molecule has 2 rings (SSSR count). The van der Waals surface area contributed by atoms with Gasteiger partial charge in [-0.1, -0.05) is 25.0 Å². The standard InChI is InChI=1S/C15H19FN2O/c1-19-14-8-4-5-12(15(14)16)11-18(10-9-17)13-6-2-3-7-13/h4-5,8,13H,2-3,6-7,10-11H2,1H3. The summed E-state index contributed by atoms with van der Waals surface area (Å²) < 4.78 is 19.1. The molecule has 1 aromatic carbocycles. The van der Waals surface area contributed by atoms with Crippen molar-refractivity contribution in [3.63, 3.8) is 0 Å². The quantitative estimate of drug-likeness (QED) is 0.765. The van der Waals surface area contributed by atoms with Gasteiger partial charge in [0.15, 0.2) is 11.6 Å². The smallest absolute Gasteiger partial charge is 0.169 e. The van der Waals surface area contributed by atoms with Crippen molar-refractivity contribution >= 4 is 0 Å². The summed E-state index contributed by atoms with van der Waals surface area (Å²) in [4.78, 5) is 2.07. The molecule has 0 spiro atoms. The minimum absolute atomic E-state index is 0.265. The molecule has 0 N–H and O–H groups in total. The van der Waals surface area contributed by atoms with Crippen molar-refractivity contribution in [3.8, 4) is 11.8 Å². The molecule has 1 aromatic rings. The summed E-state index contributed by atoms with van der Waals surface area (Å²) in [6.07, 6.45) is 4.61. The fraction of sp³-hybridized carbons (Fsp3) is 0.533. The van der Waals surface area contributed by atoms with Crippen LogP contribution in [0.25, 0.3) is 0 Å². The lowest BCUT2D eigenvalue weighted by atomic mass is 10.1. The molecular formula is C15H19FN2O. The highest BCUT2D eigenvalue weighted by Gasteiger charge is 2.23. The average molecular weight is 262 g/mol. The maximum Gasteiger partial charge on any atom is 0.169 e. The van der Waals surface area contributed by atoms with Crippen LogP contribution in [0.3, 0.4) is 0 Å². The third kappa shape index (κ3) is 3.24. The lowest BCUT2D eigenvalue weighted by molar-refractivity contribution is 0.210. The van der Waals surface area contributed by atoms with Crippen molar-refractivity contribution in [1.29, 1.82) is 5.26 Å². The molecule has 4 heteroatoms. The SMILES string of the molecule is COc1cccc(CN(CC#N)C2CCCC2)c1F. The number of nitriles is 1. The third-order valence-electron chi connectivity index (χ3n) is 3.75. The summed E-state index contributed by atoms with van der Waals surface area (Å²) in [5.41, 5.74) is 0.599. The van der Waals surface area contributed by atoms with Crippen LogP contribution in [-0.4, -0.2) is 24.6 Å². The van der Waals surface area contributed by atoms with Gasteiger partial charge in [0.2, 0.25) is 0 Å². The minimum atomic E-state index is -0.314. The third-order valence-corrected chi connectivity index (χ3v) is 3.75. The van der Waals surface area contributed by atoms with E-state index in [2.05, 4.69) is 11.0 Å². The van der Waals surface area contributed by atoms with E-state index in [9.17, 15) is 4.39 Å². The Hall–Kier alpha value is -1.60. The Balaban J connectivity index is 2.14. The Labute approximate surface area is 113 Å². The molecule has 102 valence electrons. The van der Waals surface area contributed by atoms with E-state index in [0.717, 1.165) is 12.8 Å². The van der Waals surface area contributed by atoms with Crippen LogP contribution < -0.4 is 4.74 Å². The van der Waals surface area contributed by atoms with E-state index in [1.165, 1.54) is 20.0 Å². The molecule has 0 bridgehead atoms. The summed E-state index contributed by atoms with van der Waals surface area (Å²) in [6, 6.07) is 7.76. The molecule has 0 saturated heterocycles. The molecular weight excluding hydrogens is 243 g/mol. The number of halogens is 1. The zero-order chi connectivity index (χ0) is 13.7. The zero-order valence-electron chi connectivity index (χ0n) is 11.2. The second-order valence-corrected chi connectivity index (χ2v) is 4.93. The summed E-state index contributed by atoms with van der Waals surface area (Å²) >= 11 is 0. The first-order valence-electron chi connectivity index (χ1n) is 6.68. The zero-order valence-corrected chi connectivity index (χ0v) is 11.2. The summed E-state index contributed by atoms with van der Waals surface area (Å²) in [7, 11) is 1.46. The van der Waals surface area contributed by atoms with Crippen LogP contribution in [0.15, 0.2) is 18.2 Å². The Bertz CT molecular complexity index is 464. The van der Waals surface area contributed by atoms with Crippen molar-refractivity contribution in [2.24, 2.45) is 0 Å². The predicted octanol–water partition coefficient (Wildman–Crippen LogP) is 3.10. The van der Waals surface area contributed by atoms with Crippen LogP contribution in [-0.2, 0) is 6.54 Å². The highest BCUT2D eigenvalue weighted by molar-refractivity contribution is 5.31. The summed E-state index contributed by atoms with van der Waals surface area (Å²) in [6.45, 7) is 0.822. The Morgan fingerprint density at radius 2 is 2.16 bits per heavy atom. The van der Waals surface area contributed by atoms with Gasteiger partial charge in [0.1, 0.15) is 0 Å². The number of hydrogen-bond acceptors (Lipinski definition) is 3. The lowest BCUT2D eigenvalue weighted by Gasteiger charge is -2.26. The molecule has 0 radical (unpaired) electrons. The van der Waals surface area contributed by atoms with Crippen LogP contribution in [0.4, 0.5) is 4.39 Å². The number of ether oxygens (including phenoxy) is 1. The van der Waals surface area contributed by atoms with Crippen molar-refractivity contribution in [2.45, 2.75) is 38.3 Å². The van der Waals surface area contributed by atoms with E-state index >= 15 is 0 Å². The van der Waals surface area contributed by atoms with Gasteiger partial charge in [-0.05, 0) is 18.9 Å². The van der Waals surface area contributed by atoms with Gasteiger partial charge in [0, 0.05) is 18.2 Å². The van der Waals surface area contributed by atoms with E-state index < -0.39 is 0 Å².